The second-order valence-electron chi connectivity index (χ2n) is 7.55. The number of carbonyl (C=O) groups is 1. The van der Waals surface area contributed by atoms with Crippen LogP contribution in [0.3, 0.4) is 0 Å². The molecular weight excluding hydrogens is 394 g/mol. The number of aromatic nitrogens is 2. The van der Waals surface area contributed by atoms with Crippen molar-refractivity contribution in [2.24, 2.45) is 0 Å². The second kappa shape index (κ2) is 7.42. The van der Waals surface area contributed by atoms with E-state index in [1.165, 1.54) is 22.2 Å². The van der Waals surface area contributed by atoms with Gasteiger partial charge in [-0.15, -0.1) is 11.3 Å². The van der Waals surface area contributed by atoms with Gasteiger partial charge in [-0.1, -0.05) is 0 Å². The van der Waals surface area contributed by atoms with Crippen molar-refractivity contribution >= 4 is 38.8 Å². The quantitative estimate of drug-likeness (QED) is 0.708. The van der Waals surface area contributed by atoms with Crippen molar-refractivity contribution in [3.05, 3.63) is 49.5 Å². The summed E-state index contributed by atoms with van der Waals surface area (Å²) in [6.45, 7) is 5.13. The number of nitrogens with zero attached hydrogens (tertiary/aromatic N) is 3. The molecule has 0 unspecified atom stereocenters. The molecule has 4 heterocycles. The molecule has 1 saturated heterocycles. The molecule has 1 aliphatic heterocycles. The Hall–Kier alpha value is -2.03. The minimum absolute atomic E-state index is 0.0880. The largest absolute Gasteiger partial charge is 0.388 e. The highest BCUT2D eigenvalue weighted by molar-refractivity contribution is 7.18. The molecule has 0 radical (unpaired) electrons. The highest BCUT2D eigenvalue weighted by atomic mass is 32.1. The number of thiophene rings is 2. The molecular formula is C20H23N3O3S2. The fourth-order valence-corrected chi connectivity index (χ4v) is 5.37. The first-order valence-electron chi connectivity index (χ1n) is 9.33. The first kappa shape index (κ1) is 19.3. The molecule has 148 valence electrons. The number of likely N-dealkylation sites (tertiary alicyclic amines) is 1. The van der Waals surface area contributed by atoms with E-state index in [0.717, 1.165) is 20.8 Å². The van der Waals surface area contributed by atoms with Gasteiger partial charge in [0.15, 0.2) is 0 Å². The van der Waals surface area contributed by atoms with Crippen LogP contribution in [0.5, 0.6) is 0 Å². The van der Waals surface area contributed by atoms with Crippen LogP contribution in [0, 0.1) is 13.8 Å². The average Bonchev–Trinajstić information content (AvgIpc) is 3.26. The van der Waals surface area contributed by atoms with Crippen LogP contribution in [0.4, 0.5) is 0 Å². The van der Waals surface area contributed by atoms with Crippen LogP contribution < -0.4 is 5.56 Å². The van der Waals surface area contributed by atoms with Gasteiger partial charge in [0, 0.05) is 18.0 Å². The Morgan fingerprint density at radius 1 is 1.32 bits per heavy atom. The number of piperidine rings is 1. The van der Waals surface area contributed by atoms with Crippen molar-refractivity contribution < 1.29 is 9.90 Å². The third kappa shape index (κ3) is 3.64. The highest BCUT2D eigenvalue weighted by Crippen LogP contribution is 2.27. The molecule has 3 aromatic rings. The fourth-order valence-electron chi connectivity index (χ4n) is 3.71. The Morgan fingerprint density at radius 3 is 2.75 bits per heavy atom. The molecule has 0 aromatic carbocycles. The van der Waals surface area contributed by atoms with E-state index >= 15 is 0 Å². The third-order valence-electron chi connectivity index (χ3n) is 5.60. The van der Waals surface area contributed by atoms with E-state index in [-0.39, 0.29) is 18.0 Å². The Kier molecular flexibility index (Phi) is 5.11. The van der Waals surface area contributed by atoms with Crippen LogP contribution in [0.25, 0.3) is 10.2 Å². The number of hydrogen-bond acceptors (Lipinski definition) is 6. The summed E-state index contributed by atoms with van der Waals surface area (Å²) in [5.41, 5.74) is 0.893. The molecule has 0 spiro atoms. The van der Waals surface area contributed by atoms with Crippen molar-refractivity contribution in [2.75, 3.05) is 13.1 Å². The molecule has 6 nitrogen and oxygen atoms in total. The van der Waals surface area contributed by atoms with Gasteiger partial charge in [-0.25, -0.2) is 4.98 Å². The topological polar surface area (TPSA) is 75.4 Å². The fraction of sp³-hybridized carbons (Fsp3) is 0.450. The van der Waals surface area contributed by atoms with E-state index in [0.29, 0.717) is 37.7 Å². The van der Waals surface area contributed by atoms with E-state index < -0.39 is 5.60 Å². The molecule has 3 aromatic heterocycles. The van der Waals surface area contributed by atoms with Crippen LogP contribution in [0.2, 0.25) is 0 Å². The van der Waals surface area contributed by atoms with Crippen molar-refractivity contribution in [3.63, 3.8) is 0 Å². The maximum absolute atomic E-state index is 12.9. The van der Waals surface area contributed by atoms with Crippen LogP contribution in [-0.4, -0.2) is 44.2 Å². The molecule has 1 N–H and O–H groups in total. The second-order valence-corrected chi connectivity index (χ2v) is 9.54. The SMILES string of the molecule is Cc1sc2ncn(CC3(O)CCN(C(=O)Cc4ccsc4)CC3)c(=O)c2c1C. The summed E-state index contributed by atoms with van der Waals surface area (Å²) >= 11 is 3.11. The Bertz CT molecular complexity index is 1060. The minimum atomic E-state index is -1.00. The number of aliphatic hydroxyl groups is 1. The van der Waals surface area contributed by atoms with Gasteiger partial charge in [0.05, 0.1) is 30.3 Å². The minimum Gasteiger partial charge on any atom is -0.388 e. The zero-order valence-electron chi connectivity index (χ0n) is 16.0. The summed E-state index contributed by atoms with van der Waals surface area (Å²) in [5.74, 6) is 0.0880. The lowest BCUT2D eigenvalue weighted by atomic mass is 9.91. The van der Waals surface area contributed by atoms with Gasteiger partial charge in [0.1, 0.15) is 4.83 Å². The lowest BCUT2D eigenvalue weighted by Gasteiger charge is -2.38. The predicted molar refractivity (Wildman–Crippen MR) is 112 cm³/mol. The molecule has 0 saturated carbocycles. The predicted octanol–water partition coefficient (Wildman–Crippen LogP) is 2.73. The van der Waals surface area contributed by atoms with Gasteiger partial charge >= 0.3 is 0 Å². The van der Waals surface area contributed by atoms with Gasteiger partial charge in [-0.2, -0.15) is 11.3 Å². The third-order valence-corrected chi connectivity index (χ3v) is 7.45. The number of fused-ring (bicyclic) bond motifs is 1. The Labute approximate surface area is 171 Å². The maximum atomic E-state index is 12.9. The summed E-state index contributed by atoms with van der Waals surface area (Å²) in [5, 5.41) is 15.6. The van der Waals surface area contributed by atoms with Gasteiger partial charge in [0.25, 0.3) is 5.56 Å². The Morgan fingerprint density at radius 2 is 2.07 bits per heavy atom. The summed E-state index contributed by atoms with van der Waals surface area (Å²) in [6.07, 6.45) is 2.84. The van der Waals surface area contributed by atoms with Gasteiger partial charge in [0.2, 0.25) is 5.91 Å². The molecule has 0 aliphatic carbocycles. The smallest absolute Gasteiger partial charge is 0.262 e. The average molecular weight is 418 g/mol. The lowest BCUT2D eigenvalue weighted by Crippen LogP contribution is -2.50. The van der Waals surface area contributed by atoms with E-state index in [2.05, 4.69) is 4.98 Å². The highest BCUT2D eigenvalue weighted by Gasteiger charge is 2.34. The van der Waals surface area contributed by atoms with E-state index in [9.17, 15) is 14.7 Å². The molecule has 1 amide bonds. The van der Waals surface area contributed by atoms with E-state index in [1.807, 2.05) is 35.6 Å². The summed E-state index contributed by atoms with van der Waals surface area (Å²) < 4.78 is 1.52. The zero-order chi connectivity index (χ0) is 19.9. The molecule has 28 heavy (non-hydrogen) atoms. The maximum Gasteiger partial charge on any atom is 0.262 e. The molecule has 4 rings (SSSR count). The van der Waals surface area contributed by atoms with Gasteiger partial charge < -0.3 is 10.0 Å². The van der Waals surface area contributed by atoms with E-state index in [4.69, 9.17) is 0 Å². The first-order valence-corrected chi connectivity index (χ1v) is 11.1. The lowest BCUT2D eigenvalue weighted by molar-refractivity contribution is -0.135. The molecule has 1 fully saturated rings. The number of carbonyl (C=O) groups excluding carboxylic acids is 1. The molecule has 0 bridgehead atoms. The van der Waals surface area contributed by atoms with Gasteiger partial charge in [-0.05, 0) is 54.6 Å². The number of hydrogen-bond donors (Lipinski definition) is 1. The van der Waals surface area contributed by atoms with Crippen molar-refractivity contribution in [3.8, 4) is 0 Å². The molecule has 8 heteroatoms. The van der Waals surface area contributed by atoms with E-state index in [1.54, 1.807) is 11.3 Å². The van der Waals surface area contributed by atoms with Crippen molar-refractivity contribution in [1.82, 2.24) is 14.5 Å². The molecule has 0 atom stereocenters. The first-order chi connectivity index (χ1) is 13.4. The monoisotopic (exact) mass is 417 g/mol. The van der Waals surface area contributed by atoms with Crippen molar-refractivity contribution in [2.45, 2.75) is 45.3 Å². The van der Waals surface area contributed by atoms with Crippen LogP contribution in [0.1, 0.15) is 28.8 Å². The van der Waals surface area contributed by atoms with Gasteiger partial charge in [-0.3, -0.25) is 14.2 Å². The summed E-state index contributed by atoms with van der Waals surface area (Å²) in [7, 11) is 0. The summed E-state index contributed by atoms with van der Waals surface area (Å²) in [4.78, 5) is 33.4. The van der Waals surface area contributed by atoms with Crippen LogP contribution >= 0.6 is 22.7 Å². The standard InChI is InChI=1S/C20H23N3O3S2/c1-13-14(2)28-18-17(13)19(25)23(12-21-18)11-20(26)4-6-22(7-5-20)16(24)9-15-3-8-27-10-15/h3,8,10,12,26H,4-7,9,11H2,1-2H3. The normalized spacial score (nSPS) is 16.6. The molecule has 1 aliphatic rings. The zero-order valence-corrected chi connectivity index (χ0v) is 17.6. The van der Waals surface area contributed by atoms with Crippen LogP contribution in [-0.2, 0) is 17.8 Å². The van der Waals surface area contributed by atoms with Crippen molar-refractivity contribution in [1.29, 1.82) is 0 Å². The number of rotatable bonds is 4. The number of amides is 1. The number of aryl methyl sites for hydroxylation is 2. The van der Waals surface area contributed by atoms with Crippen LogP contribution in [0.15, 0.2) is 27.9 Å². The Balaban J connectivity index is 1.45. The summed E-state index contributed by atoms with van der Waals surface area (Å²) in [6, 6.07) is 1.96.